The van der Waals surface area contributed by atoms with E-state index in [2.05, 4.69) is 20.7 Å². The Morgan fingerprint density at radius 1 is 0.950 bits per heavy atom. The fourth-order valence-corrected chi connectivity index (χ4v) is 6.48. The predicted molar refractivity (Wildman–Crippen MR) is 191 cm³/mol. The van der Waals surface area contributed by atoms with Crippen molar-refractivity contribution in [3.8, 4) is 0 Å². The molecule has 1 aromatic rings. The van der Waals surface area contributed by atoms with Gasteiger partial charge >= 0.3 is 12.1 Å². The van der Waals surface area contributed by atoms with Crippen LogP contribution >= 0.6 is 0 Å². The topological polar surface area (TPSA) is 411 Å². The largest absolute Gasteiger partial charge is 0.477 e. The predicted octanol–water partition coefficient (Wildman–Crippen LogP) is -5.59. The lowest BCUT2D eigenvalue weighted by atomic mass is 9.88. The van der Waals surface area contributed by atoms with Crippen LogP contribution in [-0.4, -0.2) is 211 Å². The summed E-state index contributed by atoms with van der Waals surface area (Å²) in [5.74, 6) is -5.90. The van der Waals surface area contributed by atoms with Gasteiger partial charge in [-0.25, -0.2) is 9.59 Å². The molecule has 60 heavy (non-hydrogen) atoms. The van der Waals surface area contributed by atoms with Crippen LogP contribution in [0.1, 0.15) is 18.4 Å². The van der Waals surface area contributed by atoms with E-state index in [1.807, 2.05) is 0 Å². The van der Waals surface area contributed by atoms with Crippen molar-refractivity contribution in [3.05, 3.63) is 46.3 Å². The summed E-state index contributed by atoms with van der Waals surface area (Å²) < 4.78 is 38.2. The third-order valence-corrected chi connectivity index (χ3v) is 9.76. The van der Waals surface area contributed by atoms with Crippen molar-refractivity contribution in [2.24, 2.45) is 5.11 Å². The fraction of sp³-hybridized carbons (Fsp3) is 0.735. The van der Waals surface area contributed by atoms with Gasteiger partial charge in [0.05, 0.1) is 32.0 Å². The Kier molecular flexibility index (Phi) is 18.5. The molecule has 4 rings (SSSR count). The fourth-order valence-electron chi connectivity index (χ4n) is 6.48. The molecule has 13 N–H and O–H groups in total. The van der Waals surface area contributed by atoms with Crippen molar-refractivity contribution in [1.82, 2.24) is 10.6 Å². The van der Waals surface area contributed by atoms with Crippen molar-refractivity contribution in [2.75, 3.05) is 39.5 Å². The molecule has 3 heterocycles. The molecule has 0 aromatic heterocycles. The van der Waals surface area contributed by atoms with Crippen LogP contribution in [0.3, 0.4) is 0 Å². The van der Waals surface area contributed by atoms with Crippen LogP contribution in [0, 0.1) is 0 Å². The van der Waals surface area contributed by atoms with Gasteiger partial charge in [-0.05, 0) is 17.5 Å². The van der Waals surface area contributed by atoms with Crippen LogP contribution in [-0.2, 0) is 49.4 Å². The highest BCUT2D eigenvalue weighted by Gasteiger charge is 2.57. The summed E-state index contributed by atoms with van der Waals surface area (Å²) in [6, 6.07) is 6.86. The molecule has 2 amide bonds. The van der Waals surface area contributed by atoms with Gasteiger partial charge in [0.15, 0.2) is 12.6 Å². The number of amides is 2. The molecule has 0 spiro atoms. The third-order valence-electron chi connectivity index (χ3n) is 9.76. The Bertz CT molecular complexity index is 1580. The number of aliphatic hydroxyl groups is 10. The summed E-state index contributed by atoms with van der Waals surface area (Å²) in [5, 5.41) is 124. The van der Waals surface area contributed by atoms with E-state index in [9.17, 15) is 70.6 Å². The monoisotopic (exact) mass is 865 g/mol. The molecule has 26 heteroatoms. The Labute approximate surface area is 340 Å². The van der Waals surface area contributed by atoms with Crippen molar-refractivity contribution >= 4 is 18.0 Å². The van der Waals surface area contributed by atoms with Crippen molar-refractivity contribution in [3.63, 3.8) is 0 Å². The zero-order valence-electron chi connectivity index (χ0n) is 31.8. The summed E-state index contributed by atoms with van der Waals surface area (Å²) in [6.07, 6.45) is -28.3. The molecule has 338 valence electrons. The number of hydrogen-bond donors (Lipinski definition) is 13. The molecule has 26 nitrogen and oxygen atoms in total. The van der Waals surface area contributed by atoms with E-state index in [1.54, 1.807) is 30.3 Å². The van der Waals surface area contributed by atoms with Crippen LogP contribution in [0.25, 0.3) is 10.4 Å². The van der Waals surface area contributed by atoms with Crippen LogP contribution in [0.2, 0.25) is 0 Å². The maximum absolute atomic E-state index is 12.8. The van der Waals surface area contributed by atoms with E-state index < -0.39 is 148 Å². The lowest BCUT2D eigenvalue weighted by molar-refractivity contribution is -0.367. The molecule has 0 bridgehead atoms. The van der Waals surface area contributed by atoms with Gasteiger partial charge in [-0.3, -0.25) is 4.79 Å². The van der Waals surface area contributed by atoms with Crippen molar-refractivity contribution < 1.29 is 104 Å². The average Bonchev–Trinajstić information content (AvgIpc) is 3.24. The maximum atomic E-state index is 12.8. The minimum absolute atomic E-state index is 0.0519. The third kappa shape index (κ3) is 12.4. The van der Waals surface area contributed by atoms with E-state index >= 15 is 0 Å². The number of benzene rings is 1. The zero-order chi connectivity index (χ0) is 44.1. The second-order valence-electron chi connectivity index (χ2n) is 14.0. The summed E-state index contributed by atoms with van der Waals surface area (Å²) in [4.78, 5) is 40.3. The molecular formula is C34H51N5O21. The Morgan fingerprint density at radius 3 is 2.28 bits per heavy atom. The van der Waals surface area contributed by atoms with Crippen molar-refractivity contribution in [1.29, 1.82) is 0 Å². The van der Waals surface area contributed by atoms with Gasteiger partial charge in [0, 0.05) is 24.5 Å². The molecule has 1 aromatic carbocycles. The van der Waals surface area contributed by atoms with Gasteiger partial charge in [-0.15, -0.1) is 0 Å². The number of rotatable bonds is 20. The molecule has 0 saturated carbocycles. The Morgan fingerprint density at radius 2 is 1.63 bits per heavy atom. The average molecular weight is 866 g/mol. The number of carbonyl (C=O) groups is 3. The van der Waals surface area contributed by atoms with E-state index in [1.165, 1.54) is 0 Å². The first-order chi connectivity index (χ1) is 28.6. The van der Waals surface area contributed by atoms with Gasteiger partial charge in [0.2, 0.25) is 5.91 Å². The minimum Gasteiger partial charge on any atom is -0.477 e. The highest BCUT2D eigenvalue weighted by atomic mass is 16.8. The molecular weight excluding hydrogens is 814 g/mol. The second kappa shape index (κ2) is 22.8. The summed E-state index contributed by atoms with van der Waals surface area (Å²) >= 11 is 0. The minimum atomic E-state index is -2.96. The number of carboxylic acids is 1. The number of nitrogens with zero attached hydrogens (tertiary/aromatic N) is 3. The first-order valence-corrected chi connectivity index (χ1v) is 18.6. The first kappa shape index (κ1) is 48.8. The normalized spacial score (nSPS) is 35.3. The smallest absolute Gasteiger partial charge is 0.407 e. The zero-order valence-corrected chi connectivity index (χ0v) is 31.8. The van der Waals surface area contributed by atoms with Gasteiger partial charge < -0.3 is 100.0 Å². The number of carbonyl (C=O) groups excluding carboxylic acids is 2. The van der Waals surface area contributed by atoms with E-state index in [-0.39, 0.29) is 26.2 Å². The highest BCUT2D eigenvalue weighted by Crippen LogP contribution is 2.35. The van der Waals surface area contributed by atoms with E-state index in [0.717, 1.165) is 0 Å². The second-order valence-corrected chi connectivity index (χ2v) is 14.0. The van der Waals surface area contributed by atoms with Crippen LogP contribution in [0.5, 0.6) is 0 Å². The number of nitrogens with one attached hydrogen (secondary N) is 2. The molecule has 3 saturated heterocycles. The van der Waals surface area contributed by atoms with Crippen molar-refractivity contribution in [2.45, 2.75) is 117 Å². The molecule has 0 aliphatic carbocycles. The molecule has 16 atom stereocenters. The van der Waals surface area contributed by atoms with Gasteiger partial charge in [0.25, 0.3) is 5.79 Å². The number of hydrogen-bond acceptors (Lipinski definition) is 21. The van der Waals surface area contributed by atoms with Crippen LogP contribution in [0.4, 0.5) is 4.79 Å². The Hall–Kier alpha value is -3.90. The highest BCUT2D eigenvalue weighted by molar-refractivity contribution is 5.82. The number of azide groups is 1. The number of carboxylic acid groups (broad SMARTS) is 1. The van der Waals surface area contributed by atoms with E-state index in [0.29, 0.717) is 5.56 Å². The van der Waals surface area contributed by atoms with Gasteiger partial charge in [-0.1, -0.05) is 35.4 Å². The lowest BCUT2D eigenvalue weighted by Crippen LogP contribution is -2.69. The molecule has 3 aliphatic heterocycles. The maximum Gasteiger partial charge on any atom is 0.407 e. The van der Waals surface area contributed by atoms with Gasteiger partial charge in [0.1, 0.15) is 80.3 Å². The summed E-state index contributed by atoms with van der Waals surface area (Å²) in [5.41, 5.74) is 9.04. The van der Waals surface area contributed by atoms with E-state index in [4.69, 9.17) is 38.7 Å². The molecule has 3 fully saturated rings. The lowest BCUT2D eigenvalue weighted by Gasteiger charge is -2.48. The first-order valence-electron chi connectivity index (χ1n) is 18.6. The molecule has 0 radical (unpaired) electrons. The standard InChI is InChI=1S/C34H51N5O21/c35-39-37-7-4-8-54-30-27(50)25(48)28(18(12-41)57-30)59-31-26(49)24(47)23(46)19(58-31)14-56-34(32(51)52)9-16(42)21(29(60-34)22(45)17(43)11-40)38-20(44)10-36-33(53)55-13-15-5-2-1-3-6-15/h1-3,5-6,16-19,21-31,40-43,45-50H,4,7-14H2,(H,36,53)(H,38,44)(H,51,52)/t16-,17+,18+,19+,21+,22+,23-,24-,25+,26+,27+,28+,29+,30+,31-,34+/m0/s1. The van der Waals surface area contributed by atoms with Crippen LogP contribution < -0.4 is 10.6 Å². The number of aliphatic carboxylic acids is 1. The number of ether oxygens (including phenoxy) is 7. The molecule has 3 aliphatic rings. The number of alkyl carbamates (subject to hydrolysis) is 1. The van der Waals surface area contributed by atoms with Crippen LogP contribution in [0.15, 0.2) is 35.4 Å². The molecule has 0 unspecified atom stereocenters. The SMILES string of the molecule is [N-]=[N+]=NCCCO[C@@H]1O[C@H](CO)[C@@H](O[C@@H]2O[C@H](CO[C@]3(C(=O)O)C[C@H](O)[C@@H](NC(=O)CNC(=O)OCc4ccccc4)[C@H]([C@H](O)[C@H](O)CO)O3)[C@H](O)[C@H](O)[C@H]2O)[C@H](O)[C@H]1O. The summed E-state index contributed by atoms with van der Waals surface area (Å²) in [7, 11) is 0. The Balaban J connectivity index is 1.43. The quantitative estimate of drug-likeness (QED) is 0.0251. The van der Waals surface area contributed by atoms with Gasteiger partial charge in [-0.2, -0.15) is 0 Å². The number of aliphatic hydroxyl groups excluding tert-OH is 10. The summed E-state index contributed by atoms with van der Waals surface area (Å²) in [6.45, 7) is -3.89.